The van der Waals surface area contributed by atoms with E-state index >= 15 is 0 Å². The highest BCUT2D eigenvalue weighted by molar-refractivity contribution is 7.16. The highest BCUT2D eigenvalue weighted by Gasteiger charge is 2.22. The summed E-state index contributed by atoms with van der Waals surface area (Å²) in [7, 11) is 1.25. The molecule has 0 fully saturated rings. The van der Waals surface area contributed by atoms with E-state index in [0.717, 1.165) is 9.44 Å². The van der Waals surface area contributed by atoms with Gasteiger partial charge in [-0.3, -0.25) is 19.0 Å². The fourth-order valence-electron chi connectivity index (χ4n) is 3.28. The Hall–Kier alpha value is -3.99. The van der Waals surface area contributed by atoms with Crippen LogP contribution in [-0.4, -0.2) is 41.1 Å². The van der Waals surface area contributed by atoms with Crippen LogP contribution in [0.25, 0.3) is 22.1 Å². The topological polar surface area (TPSA) is 130 Å². The Morgan fingerprint density at radius 3 is 2.73 bits per heavy atom. The van der Waals surface area contributed by atoms with Crippen LogP contribution in [0.2, 0.25) is 0 Å². The summed E-state index contributed by atoms with van der Waals surface area (Å²) in [4.78, 5) is 54.2. The van der Waals surface area contributed by atoms with Gasteiger partial charge in [-0.1, -0.05) is 12.1 Å². The number of para-hydroxylation sites is 1. The fraction of sp³-hybridized carbons (Fsp3) is 0.227. The molecule has 33 heavy (non-hydrogen) atoms. The van der Waals surface area contributed by atoms with Crippen molar-refractivity contribution in [1.82, 2.24) is 9.55 Å². The summed E-state index contributed by atoms with van der Waals surface area (Å²) in [5, 5.41) is 3.57. The number of methoxy groups -OCH3 is 1. The van der Waals surface area contributed by atoms with Crippen molar-refractivity contribution in [2.24, 2.45) is 0 Å². The van der Waals surface area contributed by atoms with Crippen molar-refractivity contribution in [2.45, 2.75) is 20.4 Å². The Morgan fingerprint density at radius 2 is 1.97 bits per heavy atom. The largest absolute Gasteiger partial charge is 0.465 e. The van der Waals surface area contributed by atoms with E-state index in [1.165, 1.54) is 24.8 Å². The zero-order chi connectivity index (χ0) is 23.7. The molecule has 1 N–H and O–H groups in total. The normalized spacial score (nSPS) is 11.0. The van der Waals surface area contributed by atoms with Crippen LogP contribution in [0.4, 0.5) is 5.00 Å². The number of fused-ring (bicyclic) bond motifs is 3. The number of furan rings is 1. The number of carbonyl (C=O) groups is 3. The van der Waals surface area contributed by atoms with Gasteiger partial charge in [0.2, 0.25) is 5.58 Å². The highest BCUT2D eigenvalue weighted by atomic mass is 32.1. The number of thiophene rings is 1. The first-order valence-electron chi connectivity index (χ1n) is 9.80. The quantitative estimate of drug-likeness (QED) is 0.427. The third kappa shape index (κ3) is 4.22. The average Bonchev–Trinajstić information content (AvgIpc) is 3.31. The van der Waals surface area contributed by atoms with Gasteiger partial charge in [0.05, 0.1) is 19.0 Å². The van der Waals surface area contributed by atoms with Crippen molar-refractivity contribution in [3.63, 3.8) is 0 Å². The lowest BCUT2D eigenvalue weighted by atomic mass is 10.1. The van der Waals surface area contributed by atoms with Gasteiger partial charge in [-0.2, -0.15) is 0 Å². The van der Waals surface area contributed by atoms with E-state index in [1.54, 1.807) is 31.2 Å². The third-order valence-electron chi connectivity index (χ3n) is 5.04. The summed E-state index contributed by atoms with van der Waals surface area (Å²) in [5.74, 6) is -2.01. The second kappa shape index (κ2) is 8.87. The van der Waals surface area contributed by atoms with Gasteiger partial charge in [-0.25, -0.2) is 9.78 Å². The van der Waals surface area contributed by atoms with Crippen LogP contribution in [0.5, 0.6) is 0 Å². The van der Waals surface area contributed by atoms with Gasteiger partial charge in [0, 0.05) is 10.3 Å². The maximum Gasteiger partial charge on any atom is 0.341 e. The average molecular weight is 469 g/mol. The van der Waals surface area contributed by atoms with E-state index in [-0.39, 0.29) is 11.1 Å². The molecule has 0 bridgehead atoms. The number of rotatable bonds is 6. The minimum absolute atomic E-state index is 0.0306. The summed E-state index contributed by atoms with van der Waals surface area (Å²) >= 11 is 1.22. The molecular weight excluding hydrogens is 450 g/mol. The van der Waals surface area contributed by atoms with Gasteiger partial charge in [0.25, 0.3) is 11.5 Å². The lowest BCUT2D eigenvalue weighted by molar-refractivity contribution is -0.147. The van der Waals surface area contributed by atoms with E-state index < -0.39 is 36.6 Å². The number of nitrogens with zero attached hydrogens (tertiary/aromatic N) is 2. The van der Waals surface area contributed by atoms with Crippen LogP contribution in [0.3, 0.4) is 0 Å². The number of anilines is 1. The first-order chi connectivity index (χ1) is 15.8. The molecule has 0 saturated carbocycles. The first-order valence-corrected chi connectivity index (χ1v) is 10.6. The van der Waals surface area contributed by atoms with Crippen molar-refractivity contribution in [3.05, 3.63) is 57.0 Å². The van der Waals surface area contributed by atoms with Crippen LogP contribution >= 0.6 is 11.3 Å². The van der Waals surface area contributed by atoms with Crippen molar-refractivity contribution < 1.29 is 28.3 Å². The minimum atomic E-state index is -0.809. The third-order valence-corrected chi connectivity index (χ3v) is 6.16. The molecule has 1 aromatic carbocycles. The Balaban J connectivity index is 1.42. The van der Waals surface area contributed by atoms with Gasteiger partial charge >= 0.3 is 11.9 Å². The molecule has 0 unspecified atom stereocenters. The molecule has 11 heteroatoms. The number of nitrogens with one attached hydrogen (secondary N) is 1. The number of amides is 1. The smallest absolute Gasteiger partial charge is 0.341 e. The molecule has 0 spiro atoms. The molecule has 0 aliphatic carbocycles. The number of hydrogen-bond donors (Lipinski definition) is 1. The SMILES string of the molecule is COC(=O)c1c(NC(=O)COC(=O)Cn2cnc3c(oc4ccccc43)c2=O)sc(C)c1C. The molecule has 0 atom stereocenters. The van der Waals surface area contributed by atoms with Gasteiger partial charge in [-0.05, 0) is 31.5 Å². The summed E-state index contributed by atoms with van der Waals surface area (Å²) in [6.07, 6.45) is 1.23. The number of aromatic nitrogens is 2. The van der Waals surface area contributed by atoms with E-state index in [4.69, 9.17) is 13.9 Å². The molecule has 0 aliphatic heterocycles. The highest BCUT2D eigenvalue weighted by Crippen LogP contribution is 2.32. The zero-order valence-corrected chi connectivity index (χ0v) is 18.8. The zero-order valence-electron chi connectivity index (χ0n) is 18.0. The van der Waals surface area contributed by atoms with E-state index in [0.29, 0.717) is 27.1 Å². The first kappa shape index (κ1) is 22.2. The summed E-state index contributed by atoms with van der Waals surface area (Å²) < 4.78 is 16.4. The molecular formula is C22H19N3O7S. The number of carbonyl (C=O) groups excluding carboxylic acids is 3. The van der Waals surface area contributed by atoms with Crippen LogP contribution in [-0.2, 0) is 25.6 Å². The predicted molar refractivity (Wildman–Crippen MR) is 120 cm³/mol. The lowest BCUT2D eigenvalue weighted by Gasteiger charge is -2.08. The summed E-state index contributed by atoms with van der Waals surface area (Å²) in [6, 6.07) is 7.08. The second-order valence-electron chi connectivity index (χ2n) is 7.14. The van der Waals surface area contributed by atoms with Crippen molar-refractivity contribution in [2.75, 3.05) is 19.0 Å². The minimum Gasteiger partial charge on any atom is -0.465 e. The molecule has 4 rings (SSSR count). The number of esters is 2. The molecule has 3 aromatic heterocycles. The fourth-order valence-corrected chi connectivity index (χ4v) is 4.35. The Labute approximate surface area is 190 Å². The number of benzene rings is 1. The van der Waals surface area contributed by atoms with Gasteiger partial charge in [0.15, 0.2) is 6.61 Å². The van der Waals surface area contributed by atoms with Crippen LogP contribution < -0.4 is 10.9 Å². The summed E-state index contributed by atoms with van der Waals surface area (Å²) in [6.45, 7) is 2.52. The molecule has 4 aromatic rings. The predicted octanol–water partition coefficient (Wildman–Crippen LogP) is 2.79. The van der Waals surface area contributed by atoms with Gasteiger partial charge < -0.3 is 19.2 Å². The Kier molecular flexibility index (Phi) is 5.97. The standard InChI is InChI=1S/C22H19N3O7S/c1-11-12(2)33-20(17(11)22(29)30-3)24-15(26)9-31-16(27)8-25-10-23-18-13-6-4-5-7-14(13)32-19(18)21(25)28/h4-7,10H,8-9H2,1-3H3,(H,24,26). The Morgan fingerprint density at radius 1 is 1.21 bits per heavy atom. The molecule has 1 amide bonds. The van der Waals surface area contributed by atoms with Gasteiger partial charge in [-0.15, -0.1) is 11.3 Å². The monoisotopic (exact) mass is 469 g/mol. The molecule has 0 radical (unpaired) electrons. The Bertz CT molecular complexity index is 1460. The van der Waals surface area contributed by atoms with Crippen LogP contribution in [0.1, 0.15) is 20.8 Å². The molecule has 0 aliphatic rings. The van der Waals surface area contributed by atoms with E-state index in [2.05, 4.69) is 10.3 Å². The molecule has 10 nitrogen and oxygen atoms in total. The van der Waals surface area contributed by atoms with Crippen LogP contribution in [0, 0.1) is 13.8 Å². The lowest BCUT2D eigenvalue weighted by Crippen LogP contribution is -2.28. The molecule has 3 heterocycles. The van der Waals surface area contributed by atoms with Crippen molar-refractivity contribution in [3.8, 4) is 0 Å². The number of ether oxygens (including phenoxy) is 2. The maximum absolute atomic E-state index is 12.7. The van der Waals surface area contributed by atoms with Crippen LogP contribution in [0.15, 0.2) is 39.8 Å². The van der Waals surface area contributed by atoms with Crippen molar-refractivity contribution >= 4 is 56.3 Å². The van der Waals surface area contributed by atoms with Gasteiger partial charge in [0.1, 0.15) is 22.6 Å². The maximum atomic E-state index is 12.7. The molecule has 170 valence electrons. The van der Waals surface area contributed by atoms with E-state index in [1.807, 2.05) is 6.92 Å². The summed E-state index contributed by atoms with van der Waals surface area (Å²) in [5.41, 5.74) is 1.37. The molecule has 0 saturated heterocycles. The van der Waals surface area contributed by atoms with E-state index in [9.17, 15) is 19.2 Å². The second-order valence-corrected chi connectivity index (χ2v) is 8.37. The number of hydrogen-bond acceptors (Lipinski definition) is 9. The van der Waals surface area contributed by atoms with Crippen molar-refractivity contribution in [1.29, 1.82) is 0 Å². The number of aryl methyl sites for hydroxylation is 1.